The van der Waals surface area contributed by atoms with E-state index in [4.69, 9.17) is 44.6 Å². The van der Waals surface area contributed by atoms with Gasteiger partial charge in [-0.15, -0.1) is 0 Å². The molecule has 3 aromatic carbocycles. The first-order chi connectivity index (χ1) is 28.4. The quantitative estimate of drug-likeness (QED) is 0.0526. The lowest BCUT2D eigenvalue weighted by Gasteiger charge is -2.43. The molecule has 3 aromatic rings. The van der Waals surface area contributed by atoms with Gasteiger partial charge in [-0.3, -0.25) is 14.7 Å². The van der Waals surface area contributed by atoms with Gasteiger partial charge in [-0.25, -0.2) is 0 Å². The largest absolute Gasteiger partial charge is 0.550 e. The van der Waals surface area contributed by atoms with E-state index < -0.39 is 80.3 Å². The number of hydrogen-bond donors (Lipinski definition) is 7. The number of nitrogens with one attached hydrogen (secondary N) is 1. The van der Waals surface area contributed by atoms with Gasteiger partial charge in [0.05, 0.1) is 37.2 Å². The summed E-state index contributed by atoms with van der Waals surface area (Å²) in [5.74, 6) is -1.73. The molecule has 1 fully saturated rings. The number of aliphatic imine (C=N–C) groups is 1. The van der Waals surface area contributed by atoms with E-state index in [2.05, 4.69) is 11.2 Å². The van der Waals surface area contributed by atoms with E-state index in [1.807, 2.05) is 42.5 Å². The number of carbonyl (C=O) groups excluding carboxylic acids is 2. The lowest BCUT2D eigenvalue weighted by molar-refractivity contribution is -0.848. The number of fused-ring (bicyclic) bond motifs is 6. The molecule has 1 unspecified atom stereocenters. The fraction of sp³-hybridized carbons (Fsp3) is 0.390. The Labute approximate surface area is 337 Å². The van der Waals surface area contributed by atoms with Gasteiger partial charge in [0, 0.05) is 35.4 Å². The minimum absolute atomic E-state index is 0.139. The van der Waals surface area contributed by atoms with Crippen LogP contribution in [-0.4, -0.2) is 108 Å². The van der Waals surface area contributed by atoms with Crippen LogP contribution in [0.1, 0.15) is 40.7 Å². The van der Waals surface area contributed by atoms with Gasteiger partial charge in [0.25, 0.3) is 0 Å². The number of aliphatic hydroxyl groups is 4. The summed E-state index contributed by atoms with van der Waals surface area (Å²) >= 11 is 0. The molecule has 9 N–H and O–H groups in total. The van der Waals surface area contributed by atoms with Gasteiger partial charge in [-0.1, -0.05) is 36.4 Å². The molecule has 0 aromatic heterocycles. The first kappa shape index (κ1) is 40.2. The number of aliphatic hydroxyl groups excluding tert-OH is 4. The van der Waals surface area contributed by atoms with Crippen LogP contribution in [0.5, 0.6) is 28.7 Å². The Bertz CT molecular complexity index is 2180. The third-order valence-electron chi connectivity index (χ3n) is 11.0. The highest BCUT2D eigenvalue weighted by Crippen LogP contribution is 2.59. The van der Waals surface area contributed by atoms with E-state index in [1.54, 1.807) is 24.4 Å². The van der Waals surface area contributed by atoms with Crippen LogP contribution in [-0.2, 0) is 32.0 Å². The standard InChI is InChI=1S/C41H44N4O14/c1-53-36-25(54-18-46)8-7-23-31-26(11-19-5-3-2-4-6-19)56-27-13-22(12-21(30(27)37(31)58-35(23)36)16-45-15-20-9-10-44-24(20)17-45)55-41-34(52)32(50)33(51)38(59-41)39(40(42)43)57-29(49)14-28(47)48/h2-10,12-13,15,26,31-34,37-41,46,50-52H,11,14,16-18,42-43H2,1H3,(H,47,48)/t26-,31-,32+,33+,34-,37-,38+,39+,41+/m1/s1. The van der Waals surface area contributed by atoms with Crippen LogP contribution < -0.4 is 45.2 Å². The van der Waals surface area contributed by atoms with Gasteiger partial charge < -0.3 is 75.0 Å². The van der Waals surface area contributed by atoms with Crippen molar-refractivity contribution in [3.8, 4) is 28.7 Å². The van der Waals surface area contributed by atoms with Crippen molar-refractivity contribution in [1.29, 1.82) is 0 Å². The summed E-state index contributed by atoms with van der Waals surface area (Å²) in [6.45, 7) is 0.422. The zero-order chi connectivity index (χ0) is 41.5. The van der Waals surface area contributed by atoms with Crippen molar-refractivity contribution in [1.82, 2.24) is 0 Å². The van der Waals surface area contributed by atoms with Gasteiger partial charge in [-0.05, 0) is 23.8 Å². The van der Waals surface area contributed by atoms with Crippen LogP contribution in [0, 0.1) is 0 Å². The molecule has 8 rings (SSSR count). The van der Waals surface area contributed by atoms with E-state index in [0.29, 0.717) is 42.5 Å². The number of rotatable bonds is 14. The number of methoxy groups -OCH3 is 1. The molecule has 1 saturated heterocycles. The number of benzene rings is 3. The topological polar surface area (TPSA) is 272 Å². The lowest BCUT2D eigenvalue weighted by atomic mass is 9.80. The fourth-order valence-corrected chi connectivity index (χ4v) is 8.41. The maximum Gasteiger partial charge on any atom is 0.311 e. The minimum Gasteiger partial charge on any atom is -0.550 e. The summed E-state index contributed by atoms with van der Waals surface area (Å²) < 4.78 is 42.4. The van der Waals surface area contributed by atoms with Crippen LogP contribution >= 0.6 is 0 Å². The van der Waals surface area contributed by atoms with Crippen LogP contribution in [0.2, 0.25) is 0 Å². The van der Waals surface area contributed by atoms with Crippen molar-refractivity contribution in [2.75, 3.05) is 20.4 Å². The van der Waals surface area contributed by atoms with Gasteiger partial charge in [0.1, 0.15) is 73.1 Å². The van der Waals surface area contributed by atoms with Crippen molar-refractivity contribution in [3.05, 3.63) is 101 Å². The summed E-state index contributed by atoms with van der Waals surface area (Å²) in [5, 5.41) is 53.7. The monoisotopic (exact) mass is 816 g/mol. The molecule has 18 heteroatoms. The maximum atomic E-state index is 12.3. The minimum atomic E-state index is -1.90. The molecule has 0 saturated carbocycles. The molecular weight excluding hydrogens is 772 g/mol. The normalized spacial score (nSPS) is 27.9. The highest BCUT2D eigenvalue weighted by molar-refractivity contribution is 6.06. The molecule has 5 aliphatic heterocycles. The molecule has 0 bridgehead atoms. The zero-order valence-corrected chi connectivity index (χ0v) is 31.7. The Kier molecular flexibility index (Phi) is 11.3. The number of nitrogens with two attached hydrogens (primary N) is 2. The van der Waals surface area contributed by atoms with Crippen molar-refractivity contribution >= 4 is 17.7 Å². The average molecular weight is 817 g/mol. The summed E-state index contributed by atoms with van der Waals surface area (Å²) in [6.07, 6.45) is -8.16. The van der Waals surface area contributed by atoms with E-state index in [-0.39, 0.29) is 11.7 Å². The molecule has 0 aliphatic carbocycles. The SMILES string of the molecule is COc1c(OCO)ccc2c1O[C@@H]1c3c(C[NH+]4C=C5C=CN=C5C4)cc(O[C@H]4O[C@H]([C@H](OC(=O)CC(=O)[O-])C(N)N)[C@@H](O)[C@H](O)[C@H]4O)cc3O[C@H](Cc3ccccc3)[C@@H]21. The predicted molar refractivity (Wildman–Crippen MR) is 201 cm³/mol. The molecular formula is C41H44N4O14. The summed E-state index contributed by atoms with van der Waals surface area (Å²) in [5.41, 5.74) is 17.0. The van der Waals surface area contributed by atoms with Crippen molar-refractivity contribution in [2.24, 2.45) is 16.5 Å². The molecule has 312 valence electrons. The smallest absolute Gasteiger partial charge is 0.311 e. The molecule has 10 atom stereocenters. The third-order valence-corrected chi connectivity index (χ3v) is 11.0. The molecule has 0 spiro atoms. The predicted octanol–water partition coefficient (Wildman–Crippen LogP) is -2.02. The van der Waals surface area contributed by atoms with Crippen molar-refractivity contribution < 1.29 is 73.2 Å². The van der Waals surface area contributed by atoms with Crippen LogP contribution in [0.4, 0.5) is 0 Å². The highest BCUT2D eigenvalue weighted by Gasteiger charge is 2.52. The molecule has 5 aliphatic rings. The summed E-state index contributed by atoms with van der Waals surface area (Å²) in [4.78, 5) is 28.9. The number of esters is 1. The number of carbonyl (C=O) groups is 2. The second-order valence-electron chi connectivity index (χ2n) is 14.8. The number of nitrogens with zero attached hydrogens (tertiary/aromatic N) is 1. The zero-order valence-electron chi connectivity index (χ0n) is 31.7. The van der Waals surface area contributed by atoms with Gasteiger partial charge in [-0.2, -0.15) is 0 Å². The molecule has 18 nitrogen and oxygen atoms in total. The first-order valence-electron chi connectivity index (χ1n) is 19.0. The Balaban J connectivity index is 1.19. The van der Waals surface area contributed by atoms with E-state index >= 15 is 0 Å². The van der Waals surface area contributed by atoms with Gasteiger partial charge in [0.15, 0.2) is 24.4 Å². The number of ether oxygens (including phenoxy) is 7. The number of aliphatic carboxylic acids is 1. The number of allylic oxidation sites excluding steroid dienone is 1. The van der Waals surface area contributed by atoms with Crippen LogP contribution in [0.25, 0.3) is 0 Å². The second-order valence-corrected chi connectivity index (χ2v) is 14.8. The third kappa shape index (κ3) is 7.84. The Hall–Kier alpha value is -5.57. The Morgan fingerprint density at radius 1 is 1.05 bits per heavy atom. The van der Waals surface area contributed by atoms with E-state index in [1.165, 1.54) is 7.11 Å². The highest BCUT2D eigenvalue weighted by atomic mass is 16.7. The maximum absolute atomic E-state index is 12.3. The summed E-state index contributed by atoms with van der Waals surface area (Å²) in [7, 11) is 1.49. The van der Waals surface area contributed by atoms with Crippen LogP contribution in [0.3, 0.4) is 0 Å². The van der Waals surface area contributed by atoms with E-state index in [0.717, 1.165) is 38.4 Å². The molecule has 0 radical (unpaired) electrons. The van der Waals surface area contributed by atoms with Crippen molar-refractivity contribution in [3.63, 3.8) is 0 Å². The van der Waals surface area contributed by atoms with Gasteiger partial charge >= 0.3 is 5.97 Å². The van der Waals surface area contributed by atoms with Gasteiger partial charge in [0.2, 0.25) is 12.0 Å². The molecule has 0 amide bonds. The number of quaternary nitrogens is 1. The number of hydrogen-bond acceptors (Lipinski definition) is 17. The molecule has 5 heterocycles. The summed E-state index contributed by atoms with van der Waals surface area (Å²) in [6, 6.07) is 16.8. The molecule has 59 heavy (non-hydrogen) atoms. The van der Waals surface area contributed by atoms with Crippen LogP contribution in [0.15, 0.2) is 83.6 Å². The second kappa shape index (κ2) is 16.6. The fourth-order valence-electron chi connectivity index (χ4n) is 8.41. The number of carboxylic acid groups (broad SMARTS) is 1. The Morgan fingerprint density at radius 3 is 2.56 bits per heavy atom. The Morgan fingerprint density at radius 2 is 1.85 bits per heavy atom. The average Bonchev–Trinajstić information content (AvgIpc) is 3.92. The first-order valence-corrected chi connectivity index (χ1v) is 19.0. The van der Waals surface area contributed by atoms with E-state index in [9.17, 15) is 35.1 Å². The number of carboxylic acids is 1. The lowest BCUT2D eigenvalue weighted by Crippen LogP contribution is -3.05. The van der Waals surface area contributed by atoms with Crippen molar-refractivity contribution in [2.45, 2.75) is 80.5 Å².